The number of esters is 1. The highest BCUT2D eigenvalue weighted by atomic mass is 16.5. The number of hydrogen-bond donors (Lipinski definition) is 2. The van der Waals surface area contributed by atoms with Crippen LogP contribution in [-0.2, 0) is 27.5 Å². The van der Waals surface area contributed by atoms with Crippen LogP contribution < -0.4 is 4.74 Å². The number of aliphatic hydroxyl groups is 1. The first kappa shape index (κ1) is 28.2. The van der Waals surface area contributed by atoms with Crippen LogP contribution in [0.4, 0.5) is 0 Å². The van der Waals surface area contributed by atoms with Crippen LogP contribution in [0.25, 0.3) is 5.76 Å². The SMILES string of the molecule is COC(=O)c1ccc(CN2C(=O)C(=O)/C(=C(\O)c3ccc(OCc4ccccc4)c(C)c3)C2c2cccc(O)c2)cc1. The number of ether oxygens (including phenoxy) is 2. The van der Waals surface area contributed by atoms with Gasteiger partial charge in [0.1, 0.15) is 23.9 Å². The first-order chi connectivity index (χ1) is 20.3. The highest BCUT2D eigenvalue weighted by Crippen LogP contribution is 2.41. The van der Waals surface area contributed by atoms with Crippen molar-refractivity contribution in [1.29, 1.82) is 0 Å². The molecule has 1 aliphatic rings. The van der Waals surface area contributed by atoms with Crippen molar-refractivity contribution in [3.8, 4) is 11.5 Å². The molecule has 0 saturated carbocycles. The first-order valence-electron chi connectivity index (χ1n) is 13.3. The maximum absolute atomic E-state index is 13.4. The van der Waals surface area contributed by atoms with Gasteiger partial charge in [-0.1, -0.05) is 54.6 Å². The van der Waals surface area contributed by atoms with Crippen molar-refractivity contribution >= 4 is 23.4 Å². The standard InChI is InChI=1S/C34H29NO7/c1-21-17-26(15-16-28(21)42-20-23-7-4-3-5-8-23)31(37)29-30(25-9-6-10-27(36)18-25)35(33(39)32(29)38)19-22-11-13-24(14-12-22)34(40)41-2/h3-18,30,36-37H,19-20H2,1-2H3/b31-29-. The molecule has 42 heavy (non-hydrogen) atoms. The van der Waals surface area contributed by atoms with E-state index in [0.29, 0.717) is 34.6 Å². The third kappa shape index (κ3) is 5.74. The smallest absolute Gasteiger partial charge is 0.337 e. The summed E-state index contributed by atoms with van der Waals surface area (Å²) in [5.41, 5.74) is 3.48. The molecule has 1 heterocycles. The van der Waals surface area contributed by atoms with Gasteiger partial charge in [0.15, 0.2) is 0 Å². The Hall–Kier alpha value is -5.37. The van der Waals surface area contributed by atoms with Gasteiger partial charge in [-0.25, -0.2) is 4.79 Å². The molecule has 8 nitrogen and oxygen atoms in total. The topological polar surface area (TPSA) is 113 Å². The van der Waals surface area contributed by atoms with Crippen molar-refractivity contribution in [3.63, 3.8) is 0 Å². The fourth-order valence-electron chi connectivity index (χ4n) is 4.99. The van der Waals surface area contributed by atoms with Gasteiger partial charge in [-0.05, 0) is 71.6 Å². The Morgan fingerprint density at radius 1 is 0.857 bits per heavy atom. The lowest BCUT2D eigenvalue weighted by atomic mass is 9.94. The minimum Gasteiger partial charge on any atom is -0.508 e. The van der Waals surface area contributed by atoms with Crippen LogP contribution in [-0.4, -0.2) is 39.9 Å². The molecular formula is C34H29NO7. The molecule has 1 amide bonds. The summed E-state index contributed by atoms with van der Waals surface area (Å²) < 4.78 is 10.7. The Kier molecular flexibility index (Phi) is 8.06. The van der Waals surface area contributed by atoms with E-state index in [0.717, 1.165) is 11.1 Å². The van der Waals surface area contributed by atoms with Crippen molar-refractivity contribution in [3.05, 3.63) is 136 Å². The summed E-state index contributed by atoms with van der Waals surface area (Å²) in [4.78, 5) is 40.0. The largest absolute Gasteiger partial charge is 0.508 e. The van der Waals surface area contributed by atoms with E-state index in [1.54, 1.807) is 54.6 Å². The van der Waals surface area contributed by atoms with Crippen molar-refractivity contribution in [2.75, 3.05) is 7.11 Å². The van der Waals surface area contributed by atoms with Gasteiger partial charge in [0.2, 0.25) is 0 Å². The lowest BCUT2D eigenvalue weighted by molar-refractivity contribution is -0.140. The molecular weight excluding hydrogens is 534 g/mol. The average molecular weight is 564 g/mol. The van der Waals surface area contributed by atoms with Gasteiger partial charge in [0.05, 0.1) is 24.3 Å². The summed E-state index contributed by atoms with van der Waals surface area (Å²) in [6.07, 6.45) is 0. The highest BCUT2D eigenvalue weighted by molar-refractivity contribution is 6.46. The molecule has 1 fully saturated rings. The lowest BCUT2D eigenvalue weighted by Gasteiger charge is -2.25. The van der Waals surface area contributed by atoms with Crippen molar-refractivity contribution in [2.24, 2.45) is 0 Å². The van der Waals surface area contributed by atoms with E-state index in [1.165, 1.54) is 24.1 Å². The second-order valence-corrected chi connectivity index (χ2v) is 9.97. The van der Waals surface area contributed by atoms with Gasteiger partial charge < -0.3 is 24.6 Å². The van der Waals surface area contributed by atoms with Crippen molar-refractivity contribution < 1.29 is 34.1 Å². The van der Waals surface area contributed by atoms with Crippen LogP contribution in [0.5, 0.6) is 11.5 Å². The fraction of sp³-hybridized carbons (Fsp3) is 0.147. The molecule has 0 aliphatic carbocycles. The number of benzene rings is 4. The number of phenols is 1. The van der Waals surface area contributed by atoms with E-state index in [4.69, 9.17) is 9.47 Å². The molecule has 0 spiro atoms. The van der Waals surface area contributed by atoms with Crippen LogP contribution in [0.1, 0.15) is 44.2 Å². The van der Waals surface area contributed by atoms with Crippen LogP contribution in [0.3, 0.4) is 0 Å². The first-order valence-corrected chi connectivity index (χ1v) is 13.3. The summed E-state index contributed by atoms with van der Waals surface area (Å²) in [5, 5.41) is 21.7. The van der Waals surface area contributed by atoms with Gasteiger partial charge in [-0.3, -0.25) is 9.59 Å². The Morgan fingerprint density at radius 3 is 2.24 bits per heavy atom. The van der Waals surface area contributed by atoms with Gasteiger partial charge >= 0.3 is 5.97 Å². The molecule has 1 atom stereocenters. The number of carbonyl (C=O) groups is 3. The van der Waals surface area contributed by atoms with E-state index in [9.17, 15) is 24.6 Å². The molecule has 0 bridgehead atoms. The summed E-state index contributed by atoms with van der Waals surface area (Å²) in [7, 11) is 1.29. The van der Waals surface area contributed by atoms with E-state index >= 15 is 0 Å². The Labute approximate surface area is 243 Å². The average Bonchev–Trinajstić information content (AvgIpc) is 3.25. The summed E-state index contributed by atoms with van der Waals surface area (Å²) in [6, 6.07) is 26.5. The number of nitrogens with zero attached hydrogens (tertiary/aromatic N) is 1. The number of amides is 1. The zero-order chi connectivity index (χ0) is 29.8. The van der Waals surface area contributed by atoms with E-state index in [-0.39, 0.29) is 23.6 Å². The van der Waals surface area contributed by atoms with Crippen LogP contribution in [0, 0.1) is 6.92 Å². The van der Waals surface area contributed by atoms with E-state index in [2.05, 4.69) is 0 Å². The predicted molar refractivity (Wildman–Crippen MR) is 156 cm³/mol. The predicted octanol–water partition coefficient (Wildman–Crippen LogP) is 5.69. The fourth-order valence-corrected chi connectivity index (χ4v) is 4.99. The Bertz CT molecular complexity index is 1680. The summed E-state index contributed by atoms with van der Waals surface area (Å²) >= 11 is 0. The van der Waals surface area contributed by atoms with E-state index < -0.39 is 23.7 Å². The number of Topliss-reactive ketones (excluding diaryl/α,β-unsaturated/α-hetero) is 1. The molecule has 5 rings (SSSR count). The second-order valence-electron chi connectivity index (χ2n) is 9.97. The molecule has 1 aliphatic heterocycles. The van der Waals surface area contributed by atoms with Crippen molar-refractivity contribution in [2.45, 2.75) is 26.1 Å². The number of aliphatic hydroxyl groups excluding tert-OH is 1. The number of aromatic hydroxyl groups is 1. The van der Waals surface area contributed by atoms with E-state index in [1.807, 2.05) is 37.3 Å². The number of phenolic OH excluding ortho intramolecular Hbond substituents is 1. The maximum Gasteiger partial charge on any atom is 0.337 e. The number of hydrogen-bond acceptors (Lipinski definition) is 7. The molecule has 212 valence electrons. The third-order valence-corrected chi connectivity index (χ3v) is 7.14. The van der Waals surface area contributed by atoms with Crippen LogP contribution in [0.2, 0.25) is 0 Å². The van der Waals surface area contributed by atoms with Crippen molar-refractivity contribution in [1.82, 2.24) is 4.90 Å². The molecule has 1 saturated heterocycles. The zero-order valence-corrected chi connectivity index (χ0v) is 23.1. The summed E-state index contributed by atoms with van der Waals surface area (Å²) in [6.45, 7) is 2.23. The zero-order valence-electron chi connectivity index (χ0n) is 23.1. The maximum atomic E-state index is 13.4. The van der Waals surface area contributed by atoms with Crippen LogP contribution in [0.15, 0.2) is 103 Å². The quantitative estimate of drug-likeness (QED) is 0.123. The minimum absolute atomic E-state index is 0.0222. The number of aryl methyl sites for hydroxylation is 1. The molecule has 0 aromatic heterocycles. The summed E-state index contributed by atoms with van der Waals surface area (Å²) in [5.74, 6) is -1.88. The Balaban J connectivity index is 1.50. The van der Waals surface area contributed by atoms with Crippen LogP contribution >= 0.6 is 0 Å². The molecule has 2 N–H and O–H groups in total. The molecule has 4 aromatic rings. The minimum atomic E-state index is -0.966. The monoisotopic (exact) mass is 563 g/mol. The number of methoxy groups -OCH3 is 1. The molecule has 1 unspecified atom stereocenters. The second kappa shape index (κ2) is 12.0. The Morgan fingerprint density at radius 2 is 1.57 bits per heavy atom. The number of likely N-dealkylation sites (tertiary alicyclic amines) is 1. The molecule has 8 heteroatoms. The van der Waals surface area contributed by atoms with Gasteiger partial charge in [0, 0.05) is 12.1 Å². The normalized spacial score (nSPS) is 16.0. The van der Waals surface area contributed by atoms with Gasteiger partial charge in [-0.15, -0.1) is 0 Å². The van der Waals surface area contributed by atoms with Gasteiger partial charge in [-0.2, -0.15) is 0 Å². The number of carbonyl (C=O) groups excluding carboxylic acids is 3. The number of ketones is 1. The highest BCUT2D eigenvalue weighted by Gasteiger charge is 2.46. The molecule has 0 radical (unpaired) electrons. The number of rotatable bonds is 8. The lowest BCUT2D eigenvalue weighted by Crippen LogP contribution is -2.29. The molecule has 4 aromatic carbocycles. The van der Waals surface area contributed by atoms with Gasteiger partial charge in [0.25, 0.3) is 11.7 Å². The third-order valence-electron chi connectivity index (χ3n) is 7.14.